The number of piperazine rings is 1. The molecule has 3 aliphatic rings. The van der Waals surface area contributed by atoms with Crippen LogP contribution in [0.3, 0.4) is 0 Å². The van der Waals surface area contributed by atoms with E-state index in [1.165, 1.54) is 12.8 Å². The lowest BCUT2D eigenvalue weighted by Crippen LogP contribution is -2.51. The molecule has 1 amide bonds. The number of fused-ring (bicyclic) bond motifs is 3. The minimum absolute atomic E-state index is 0.0519. The van der Waals surface area contributed by atoms with Crippen molar-refractivity contribution >= 4 is 46.3 Å². The zero-order chi connectivity index (χ0) is 25.7. The fourth-order valence-corrected chi connectivity index (χ4v) is 6.05. The Kier molecular flexibility index (Phi) is 6.14. The van der Waals surface area contributed by atoms with E-state index >= 15 is 0 Å². The number of nitrogens with one attached hydrogen (secondary N) is 2. The van der Waals surface area contributed by atoms with Crippen LogP contribution < -0.4 is 25.3 Å². The third-order valence-electron chi connectivity index (χ3n) is 7.48. The zero-order valence-electron chi connectivity index (χ0n) is 20.9. The predicted octanol–water partition coefficient (Wildman–Crippen LogP) is 3.67. The van der Waals surface area contributed by atoms with Gasteiger partial charge in [-0.15, -0.1) is 0 Å². The molecule has 2 unspecified atom stereocenters. The normalized spacial score (nSPS) is 20.9. The smallest absolute Gasteiger partial charge is 0.265 e. The van der Waals surface area contributed by atoms with Crippen LogP contribution in [-0.4, -0.2) is 59.9 Å². The van der Waals surface area contributed by atoms with E-state index in [-0.39, 0.29) is 12.5 Å². The first-order valence-corrected chi connectivity index (χ1v) is 13.0. The average Bonchev–Trinajstić information content (AvgIpc) is 3.23. The molecule has 2 atom stereocenters. The molecular formula is C27H30ClN7O2. The quantitative estimate of drug-likeness (QED) is 0.470. The second-order valence-corrected chi connectivity index (χ2v) is 10.5. The van der Waals surface area contributed by atoms with Gasteiger partial charge in [0.15, 0.2) is 0 Å². The number of aromatic nitrogens is 2. The Bertz CT molecular complexity index is 1330. The summed E-state index contributed by atoms with van der Waals surface area (Å²) in [6.07, 6.45) is 3.97. The zero-order valence-corrected chi connectivity index (χ0v) is 21.7. The number of para-hydroxylation sites is 1. The molecule has 0 aliphatic carbocycles. The molecule has 0 saturated carbocycles. The molecule has 0 radical (unpaired) electrons. The monoisotopic (exact) mass is 519 g/mol. The van der Waals surface area contributed by atoms with Gasteiger partial charge >= 0.3 is 0 Å². The van der Waals surface area contributed by atoms with Gasteiger partial charge in [-0.1, -0.05) is 23.7 Å². The van der Waals surface area contributed by atoms with E-state index in [1.54, 1.807) is 17.2 Å². The van der Waals surface area contributed by atoms with Gasteiger partial charge in [-0.3, -0.25) is 9.69 Å². The van der Waals surface area contributed by atoms with Crippen molar-refractivity contribution in [3.63, 3.8) is 0 Å². The van der Waals surface area contributed by atoms with E-state index in [0.29, 0.717) is 46.8 Å². The van der Waals surface area contributed by atoms with Gasteiger partial charge in [0.1, 0.15) is 11.4 Å². The molecule has 3 aliphatic heterocycles. The second-order valence-electron chi connectivity index (χ2n) is 10.1. The Morgan fingerprint density at radius 1 is 1.19 bits per heavy atom. The number of aliphatic hydroxyl groups excluding tert-OH is 1. The van der Waals surface area contributed by atoms with Crippen LogP contribution in [0.25, 0.3) is 0 Å². The van der Waals surface area contributed by atoms with Crippen molar-refractivity contribution in [1.82, 2.24) is 15.3 Å². The molecular weight excluding hydrogens is 490 g/mol. The third-order valence-corrected chi connectivity index (χ3v) is 7.79. The Balaban J connectivity index is 1.24. The van der Waals surface area contributed by atoms with Crippen LogP contribution in [0, 0.1) is 6.92 Å². The standard InChI is InChI=1S/C27H30ClN7O2/c1-16-4-3-5-22(28)24(16)35-15-33(2)25-21(26(35)37)11-29-27(32-25)31-18-8-9-23(17(10-18)14-36)34-12-19-6-7-20(13-34)30-19/h3-5,8-11,19-20,30,36H,6-7,12-15H2,1-2H3,(H,29,31,32). The van der Waals surface area contributed by atoms with Crippen molar-refractivity contribution in [1.29, 1.82) is 0 Å². The molecule has 9 nitrogen and oxygen atoms in total. The number of halogens is 1. The van der Waals surface area contributed by atoms with Crippen molar-refractivity contribution in [2.75, 3.05) is 46.8 Å². The van der Waals surface area contributed by atoms with Crippen LogP contribution in [0.5, 0.6) is 0 Å². The predicted molar refractivity (Wildman–Crippen MR) is 146 cm³/mol. The summed E-state index contributed by atoms with van der Waals surface area (Å²) in [6, 6.07) is 12.6. The number of hydrogen-bond acceptors (Lipinski definition) is 8. The number of aliphatic hydroxyl groups is 1. The van der Waals surface area contributed by atoms with E-state index in [1.807, 2.05) is 43.1 Å². The lowest BCUT2D eigenvalue weighted by atomic mass is 10.1. The summed E-state index contributed by atoms with van der Waals surface area (Å²) in [5, 5.41) is 17.5. The van der Waals surface area contributed by atoms with Crippen molar-refractivity contribution in [2.24, 2.45) is 0 Å². The first-order chi connectivity index (χ1) is 17.9. The number of nitrogens with zero attached hydrogens (tertiary/aromatic N) is 5. The van der Waals surface area contributed by atoms with Crippen LogP contribution in [0.15, 0.2) is 42.6 Å². The third kappa shape index (κ3) is 4.37. The molecule has 37 heavy (non-hydrogen) atoms. The Hall–Kier alpha value is -3.40. The highest BCUT2D eigenvalue weighted by Crippen LogP contribution is 2.35. The number of aryl methyl sites for hydroxylation is 1. The van der Waals surface area contributed by atoms with Crippen molar-refractivity contribution in [3.8, 4) is 0 Å². The molecule has 2 saturated heterocycles. The van der Waals surface area contributed by atoms with Gasteiger partial charge in [-0.2, -0.15) is 4.98 Å². The molecule has 6 rings (SSSR count). The van der Waals surface area contributed by atoms with E-state index < -0.39 is 0 Å². The van der Waals surface area contributed by atoms with Crippen LogP contribution in [-0.2, 0) is 6.61 Å². The molecule has 10 heteroatoms. The first-order valence-electron chi connectivity index (χ1n) is 12.6. The van der Waals surface area contributed by atoms with E-state index in [4.69, 9.17) is 11.6 Å². The van der Waals surface area contributed by atoms with Crippen LogP contribution in [0.1, 0.15) is 34.3 Å². The van der Waals surface area contributed by atoms with Crippen molar-refractivity contribution < 1.29 is 9.90 Å². The minimum Gasteiger partial charge on any atom is -0.392 e. The van der Waals surface area contributed by atoms with Crippen molar-refractivity contribution in [3.05, 3.63) is 64.3 Å². The van der Waals surface area contributed by atoms with Gasteiger partial charge in [-0.25, -0.2) is 4.98 Å². The largest absolute Gasteiger partial charge is 0.392 e. The van der Waals surface area contributed by atoms with Gasteiger partial charge in [0.2, 0.25) is 5.95 Å². The molecule has 2 bridgehead atoms. The fraction of sp³-hybridized carbons (Fsp3) is 0.370. The summed E-state index contributed by atoms with van der Waals surface area (Å²) in [5.41, 5.74) is 4.75. The summed E-state index contributed by atoms with van der Waals surface area (Å²) in [5.74, 6) is 0.754. The SMILES string of the molecule is Cc1cccc(Cl)c1N1CN(C)c2nc(Nc3ccc(N4CC5CCC(C4)N5)c(CO)c3)ncc2C1=O. The Morgan fingerprint density at radius 2 is 1.97 bits per heavy atom. The molecule has 2 aromatic carbocycles. The molecule has 192 valence electrons. The van der Waals surface area contributed by atoms with E-state index in [0.717, 1.165) is 35.6 Å². The fourth-order valence-electron chi connectivity index (χ4n) is 5.72. The van der Waals surface area contributed by atoms with Crippen molar-refractivity contribution in [2.45, 2.75) is 38.5 Å². The molecule has 1 aromatic heterocycles. The number of anilines is 5. The number of rotatable bonds is 5. The van der Waals surface area contributed by atoms with Gasteiger partial charge in [-0.05, 0) is 49.6 Å². The van der Waals surface area contributed by atoms with Crippen LogP contribution in [0.2, 0.25) is 5.02 Å². The maximum atomic E-state index is 13.4. The first kappa shape index (κ1) is 24.0. The molecule has 4 heterocycles. The lowest BCUT2D eigenvalue weighted by Gasteiger charge is -2.36. The number of amides is 1. The topological polar surface area (TPSA) is 96.9 Å². The molecule has 3 aromatic rings. The van der Waals surface area contributed by atoms with Crippen LogP contribution >= 0.6 is 11.6 Å². The summed E-state index contributed by atoms with van der Waals surface area (Å²) in [7, 11) is 1.89. The van der Waals surface area contributed by atoms with Crippen LogP contribution in [0.4, 0.5) is 28.8 Å². The Morgan fingerprint density at radius 3 is 2.70 bits per heavy atom. The Labute approximate surface area is 221 Å². The minimum atomic E-state index is -0.187. The highest BCUT2D eigenvalue weighted by Gasteiger charge is 2.34. The second kappa shape index (κ2) is 9.48. The number of carbonyl (C=O) groups is 1. The van der Waals surface area contributed by atoms with Gasteiger partial charge < -0.3 is 25.5 Å². The maximum Gasteiger partial charge on any atom is 0.265 e. The molecule has 3 N–H and O–H groups in total. The maximum absolute atomic E-state index is 13.4. The summed E-state index contributed by atoms with van der Waals surface area (Å²) in [4.78, 5) is 28.4. The lowest BCUT2D eigenvalue weighted by molar-refractivity contribution is 0.0981. The molecule has 2 fully saturated rings. The number of carbonyl (C=O) groups excluding carboxylic acids is 1. The van der Waals surface area contributed by atoms with Gasteiger partial charge in [0.25, 0.3) is 5.91 Å². The van der Waals surface area contributed by atoms with Gasteiger partial charge in [0.05, 0.1) is 24.0 Å². The summed E-state index contributed by atoms with van der Waals surface area (Å²) < 4.78 is 0. The van der Waals surface area contributed by atoms with Gasteiger partial charge in [0, 0.05) is 55.4 Å². The number of benzene rings is 2. The average molecular weight is 520 g/mol. The highest BCUT2D eigenvalue weighted by molar-refractivity contribution is 6.34. The highest BCUT2D eigenvalue weighted by atomic mass is 35.5. The summed E-state index contributed by atoms with van der Waals surface area (Å²) in [6.45, 7) is 4.11. The van der Waals surface area contributed by atoms with E-state index in [9.17, 15) is 9.90 Å². The molecule has 0 spiro atoms. The van der Waals surface area contributed by atoms with E-state index in [2.05, 4.69) is 31.6 Å². The summed E-state index contributed by atoms with van der Waals surface area (Å²) >= 11 is 6.44. The number of hydrogen-bond donors (Lipinski definition) is 3.